The zero-order chi connectivity index (χ0) is 29.0. The number of rotatable bonds is 8. The second kappa shape index (κ2) is 14.9. The summed E-state index contributed by atoms with van der Waals surface area (Å²) in [6.45, 7) is 11.7. The van der Waals surface area contributed by atoms with Crippen LogP contribution in [-0.4, -0.2) is 54.5 Å². The molecule has 1 aliphatic heterocycles. The van der Waals surface area contributed by atoms with Crippen molar-refractivity contribution in [1.29, 1.82) is 5.26 Å². The Morgan fingerprint density at radius 1 is 1.23 bits per heavy atom. The molecule has 8 nitrogen and oxygen atoms in total. The molecule has 1 saturated heterocycles. The van der Waals surface area contributed by atoms with Crippen molar-refractivity contribution in [2.45, 2.75) is 70.8 Å². The van der Waals surface area contributed by atoms with Crippen molar-refractivity contribution in [1.82, 2.24) is 15.3 Å². The standard InChI is InChI=1S/C23H27N5.C4H6F3NO.CH2O/c1-17-8-9-19(25-14-17)16-28(20-6-5-7-20)23-22(18(2)13-24)12-21(15-26-23)27-10-3-4-11-27;1-3(8-2-9)4(5,6)7;1-2/h8-9,12,14-15,20H,2-7,10-11,16H2,1H3;2-3H,1H3,(H,8,9);1H2. The lowest BCUT2D eigenvalue weighted by Crippen LogP contribution is -2.41. The van der Waals surface area contributed by atoms with Gasteiger partial charge in [0.15, 0.2) is 0 Å². The van der Waals surface area contributed by atoms with E-state index in [1.807, 2.05) is 26.1 Å². The maximum Gasteiger partial charge on any atom is 0.408 e. The first-order valence-electron chi connectivity index (χ1n) is 12.7. The molecule has 3 heterocycles. The number of anilines is 2. The van der Waals surface area contributed by atoms with Crippen LogP contribution in [0.3, 0.4) is 0 Å². The van der Waals surface area contributed by atoms with Crippen molar-refractivity contribution in [2.75, 3.05) is 22.9 Å². The van der Waals surface area contributed by atoms with Crippen LogP contribution in [0.4, 0.5) is 24.7 Å². The van der Waals surface area contributed by atoms with Gasteiger partial charge in [0.1, 0.15) is 18.6 Å². The highest BCUT2D eigenvalue weighted by Gasteiger charge is 2.35. The molecular formula is C28H35F3N6O2. The number of amides is 1. The maximum absolute atomic E-state index is 11.4. The van der Waals surface area contributed by atoms with Gasteiger partial charge in [0.2, 0.25) is 6.41 Å². The van der Waals surface area contributed by atoms with Gasteiger partial charge in [-0.25, -0.2) is 4.98 Å². The topological polar surface area (TPSA) is 102 Å². The molecule has 1 atom stereocenters. The summed E-state index contributed by atoms with van der Waals surface area (Å²) in [5.41, 5.74) is 4.60. The van der Waals surface area contributed by atoms with Crippen molar-refractivity contribution in [2.24, 2.45) is 0 Å². The SMILES string of the molecule is C=C(C#N)c1cc(N2CCCC2)cnc1N(Cc1ccc(C)cn1)C1CCC1.C=O.CC(NC=O)C(F)(F)F. The Balaban J connectivity index is 0.000000415. The largest absolute Gasteiger partial charge is 0.408 e. The minimum atomic E-state index is -4.33. The van der Waals surface area contributed by atoms with Crippen molar-refractivity contribution < 1.29 is 22.8 Å². The molecule has 1 saturated carbocycles. The summed E-state index contributed by atoms with van der Waals surface area (Å²) in [5, 5.41) is 11.1. The number of pyridine rings is 2. The summed E-state index contributed by atoms with van der Waals surface area (Å²) in [6, 6.07) is 7.22. The lowest BCUT2D eigenvalue weighted by atomic mass is 9.90. The van der Waals surface area contributed by atoms with Crippen LogP contribution < -0.4 is 15.1 Å². The summed E-state index contributed by atoms with van der Waals surface area (Å²) in [6.07, 6.45) is 5.53. The molecule has 0 aromatic carbocycles. The zero-order valence-electron chi connectivity index (χ0n) is 22.4. The Morgan fingerprint density at radius 2 is 1.90 bits per heavy atom. The number of aryl methyl sites for hydroxylation is 1. The molecule has 39 heavy (non-hydrogen) atoms. The third-order valence-corrected chi connectivity index (χ3v) is 6.69. The Kier molecular flexibility index (Phi) is 11.9. The van der Waals surface area contributed by atoms with E-state index in [1.165, 1.54) is 19.3 Å². The quantitative estimate of drug-likeness (QED) is 0.369. The van der Waals surface area contributed by atoms with Gasteiger partial charge in [-0.3, -0.25) is 9.78 Å². The van der Waals surface area contributed by atoms with Crippen molar-refractivity contribution in [3.8, 4) is 6.07 Å². The summed E-state index contributed by atoms with van der Waals surface area (Å²) in [4.78, 5) is 31.6. The number of nitriles is 1. The van der Waals surface area contributed by atoms with E-state index in [0.29, 0.717) is 18.2 Å². The number of allylic oxidation sites excluding steroid dienone is 1. The average molecular weight is 545 g/mol. The highest BCUT2D eigenvalue weighted by atomic mass is 19.4. The molecule has 0 spiro atoms. The molecule has 2 aromatic rings. The lowest BCUT2D eigenvalue weighted by molar-refractivity contribution is -0.154. The second-order valence-electron chi connectivity index (χ2n) is 9.44. The van der Waals surface area contributed by atoms with Crippen LogP contribution in [0.15, 0.2) is 37.2 Å². The first-order valence-corrected chi connectivity index (χ1v) is 12.7. The Morgan fingerprint density at radius 3 is 2.36 bits per heavy atom. The fourth-order valence-electron chi connectivity index (χ4n) is 4.14. The van der Waals surface area contributed by atoms with Gasteiger partial charge < -0.3 is 19.9 Å². The Bertz CT molecular complexity index is 1120. The molecule has 1 aliphatic carbocycles. The molecule has 2 aliphatic rings. The Labute approximate surface area is 227 Å². The first kappa shape index (κ1) is 31.3. The minimum absolute atomic E-state index is 0.0259. The molecule has 1 unspecified atom stereocenters. The molecule has 1 N–H and O–H groups in total. The van der Waals surface area contributed by atoms with Gasteiger partial charge in [0.05, 0.1) is 35.8 Å². The van der Waals surface area contributed by atoms with Crippen LogP contribution in [0.5, 0.6) is 0 Å². The molecule has 0 radical (unpaired) electrons. The average Bonchev–Trinajstić information content (AvgIpc) is 3.44. The summed E-state index contributed by atoms with van der Waals surface area (Å²) < 4.78 is 34.2. The van der Waals surface area contributed by atoms with Crippen LogP contribution in [0, 0.1) is 18.3 Å². The smallest absolute Gasteiger partial charge is 0.370 e. The van der Waals surface area contributed by atoms with E-state index in [9.17, 15) is 23.2 Å². The highest BCUT2D eigenvalue weighted by Crippen LogP contribution is 2.36. The van der Waals surface area contributed by atoms with Gasteiger partial charge in [-0.05, 0) is 63.6 Å². The third-order valence-electron chi connectivity index (χ3n) is 6.69. The molecule has 4 rings (SSSR count). The van der Waals surface area contributed by atoms with Crippen LogP contribution in [-0.2, 0) is 16.1 Å². The molecule has 0 bridgehead atoms. The van der Waals surface area contributed by atoms with E-state index < -0.39 is 12.2 Å². The molecular weight excluding hydrogens is 509 g/mol. The summed E-state index contributed by atoms with van der Waals surface area (Å²) in [5.74, 6) is 0.863. The van der Waals surface area contributed by atoms with Gasteiger partial charge in [0.25, 0.3) is 0 Å². The number of aromatic nitrogens is 2. The van der Waals surface area contributed by atoms with Crippen LogP contribution in [0.2, 0.25) is 0 Å². The minimum Gasteiger partial charge on any atom is -0.370 e. The first-order chi connectivity index (χ1) is 18.6. The van der Waals surface area contributed by atoms with E-state index in [0.717, 1.165) is 61.2 Å². The van der Waals surface area contributed by atoms with Crippen LogP contribution in [0.1, 0.15) is 55.8 Å². The monoisotopic (exact) mass is 544 g/mol. The number of carbonyl (C=O) groups excluding carboxylic acids is 2. The van der Waals surface area contributed by atoms with Gasteiger partial charge in [-0.15, -0.1) is 0 Å². The molecule has 2 aromatic heterocycles. The van der Waals surface area contributed by atoms with Crippen LogP contribution in [0.25, 0.3) is 5.57 Å². The van der Waals surface area contributed by atoms with Gasteiger partial charge in [-0.1, -0.05) is 12.6 Å². The summed E-state index contributed by atoms with van der Waals surface area (Å²) >= 11 is 0. The van der Waals surface area contributed by atoms with E-state index in [2.05, 4.69) is 45.6 Å². The fraction of sp³-hybridized carbons (Fsp3) is 0.464. The summed E-state index contributed by atoms with van der Waals surface area (Å²) in [7, 11) is 0. The van der Waals surface area contributed by atoms with Crippen molar-refractivity contribution in [3.05, 3.63) is 54.0 Å². The van der Waals surface area contributed by atoms with E-state index >= 15 is 0 Å². The number of alkyl halides is 3. The number of hydrogen-bond acceptors (Lipinski definition) is 7. The third kappa shape index (κ3) is 8.80. The van der Waals surface area contributed by atoms with Gasteiger partial charge in [-0.2, -0.15) is 18.4 Å². The number of carbonyl (C=O) groups is 2. The molecule has 1 amide bonds. The molecule has 11 heteroatoms. The van der Waals surface area contributed by atoms with Crippen molar-refractivity contribution >= 4 is 30.3 Å². The molecule has 210 valence electrons. The normalized spacial score (nSPS) is 15.3. The van der Waals surface area contributed by atoms with Crippen LogP contribution >= 0.6 is 0 Å². The molecule has 2 fully saturated rings. The van der Waals surface area contributed by atoms with Gasteiger partial charge in [0, 0.05) is 30.9 Å². The maximum atomic E-state index is 11.4. The predicted molar refractivity (Wildman–Crippen MR) is 145 cm³/mol. The number of hydrogen-bond donors (Lipinski definition) is 1. The van der Waals surface area contributed by atoms with Gasteiger partial charge >= 0.3 is 6.18 Å². The second-order valence-corrected chi connectivity index (χ2v) is 9.44. The lowest BCUT2D eigenvalue weighted by Gasteiger charge is -2.39. The number of nitrogens with zero attached hydrogens (tertiary/aromatic N) is 5. The van der Waals surface area contributed by atoms with E-state index in [1.54, 1.807) is 5.32 Å². The van der Waals surface area contributed by atoms with E-state index in [4.69, 9.17) is 9.78 Å². The Hall–Kier alpha value is -3.94. The number of halogens is 3. The zero-order valence-corrected chi connectivity index (χ0v) is 22.4. The van der Waals surface area contributed by atoms with Crippen molar-refractivity contribution in [3.63, 3.8) is 0 Å². The highest BCUT2D eigenvalue weighted by molar-refractivity contribution is 5.83. The predicted octanol–water partition coefficient (Wildman–Crippen LogP) is 4.98. The fourth-order valence-corrected chi connectivity index (χ4v) is 4.14. The number of nitrogens with one attached hydrogen (secondary N) is 1. The van der Waals surface area contributed by atoms with E-state index in [-0.39, 0.29) is 6.41 Å².